The number of unbranched alkanes of at least 4 members (excludes halogenated alkanes) is 16. The molecule has 0 fully saturated rings. The molecule has 0 aliphatic rings. The van der Waals surface area contributed by atoms with Crippen molar-refractivity contribution < 1.29 is 47.8 Å². The van der Waals surface area contributed by atoms with Crippen LogP contribution >= 0.6 is 7.82 Å². The minimum Gasteiger partial charge on any atom is -0.462 e. The van der Waals surface area contributed by atoms with Gasteiger partial charge in [0.05, 0.1) is 19.8 Å². The third-order valence-electron chi connectivity index (χ3n) is 7.61. The number of hydrogen-bond acceptors (Lipinski definition) is 9. The molecule has 0 saturated heterocycles. The number of esters is 2. The van der Waals surface area contributed by atoms with Gasteiger partial charge in [0.15, 0.2) is 6.10 Å². The maximum absolute atomic E-state index is 12.5. The summed E-state index contributed by atoms with van der Waals surface area (Å²) in [5, 5.41) is 18.2. The summed E-state index contributed by atoms with van der Waals surface area (Å²) in [4.78, 5) is 34.6. The molecule has 3 unspecified atom stereocenters. The molecule has 0 bridgehead atoms. The average Bonchev–Trinajstić information content (AvgIpc) is 3.05. The van der Waals surface area contributed by atoms with Crippen LogP contribution in [0.4, 0.5) is 0 Å². The Morgan fingerprint density at radius 3 is 1.66 bits per heavy atom. The number of carbonyl (C=O) groups excluding carboxylic acids is 2. The highest BCUT2D eigenvalue weighted by molar-refractivity contribution is 7.47. The first-order valence-electron chi connectivity index (χ1n) is 18.3. The fourth-order valence-corrected chi connectivity index (χ4v) is 5.52. The number of carbonyl (C=O) groups is 2. The third-order valence-corrected chi connectivity index (χ3v) is 8.56. The van der Waals surface area contributed by atoms with Gasteiger partial charge in [0, 0.05) is 12.8 Å². The van der Waals surface area contributed by atoms with Crippen LogP contribution in [0.1, 0.15) is 155 Å². The summed E-state index contributed by atoms with van der Waals surface area (Å²) in [7, 11) is -4.60. The number of phosphoric acid groups is 1. The molecule has 0 spiro atoms. The Labute approximate surface area is 285 Å². The van der Waals surface area contributed by atoms with E-state index in [1.54, 1.807) is 0 Å². The number of aliphatic hydroxyl groups excluding tert-OH is 2. The third kappa shape index (κ3) is 32.8. The SMILES string of the molecule is CCCCCC/C=C\C/C=C\CCCCCCCCCC(=O)OC(COC(=O)CCCCCCCC)COP(=O)(O)OCC(O)CO. The van der Waals surface area contributed by atoms with Gasteiger partial charge in [-0.25, -0.2) is 4.57 Å². The van der Waals surface area contributed by atoms with Gasteiger partial charge in [-0.3, -0.25) is 18.6 Å². The number of aliphatic hydroxyl groups is 2. The number of phosphoric ester groups is 1. The second-order valence-corrected chi connectivity index (χ2v) is 13.7. The summed E-state index contributed by atoms with van der Waals surface area (Å²) in [5.41, 5.74) is 0. The van der Waals surface area contributed by atoms with E-state index in [1.807, 2.05) is 0 Å². The normalized spacial score (nSPS) is 14.4. The maximum atomic E-state index is 12.5. The molecule has 0 radical (unpaired) electrons. The van der Waals surface area contributed by atoms with Gasteiger partial charge < -0.3 is 24.6 Å². The van der Waals surface area contributed by atoms with E-state index in [9.17, 15) is 24.2 Å². The largest absolute Gasteiger partial charge is 0.472 e. The van der Waals surface area contributed by atoms with E-state index < -0.39 is 51.8 Å². The molecule has 0 aromatic heterocycles. The first-order valence-corrected chi connectivity index (χ1v) is 19.8. The molecule has 276 valence electrons. The molecule has 0 heterocycles. The average molecular weight is 691 g/mol. The van der Waals surface area contributed by atoms with Crippen LogP contribution in [-0.4, -0.2) is 65.7 Å². The molecule has 3 atom stereocenters. The van der Waals surface area contributed by atoms with Crippen molar-refractivity contribution in [1.29, 1.82) is 0 Å². The predicted octanol–water partition coefficient (Wildman–Crippen LogP) is 8.66. The van der Waals surface area contributed by atoms with Crippen LogP contribution < -0.4 is 0 Å². The van der Waals surface area contributed by atoms with Gasteiger partial charge in [-0.15, -0.1) is 0 Å². The number of ether oxygens (including phenoxy) is 2. The van der Waals surface area contributed by atoms with Gasteiger partial charge in [0.25, 0.3) is 0 Å². The standard InChI is InChI=1S/C36H67O10P/c1-3-5-7-9-11-12-13-14-15-16-17-18-19-20-21-22-24-26-28-36(40)46-34(32-45-47(41,42)44-30-33(38)29-37)31-43-35(39)27-25-23-10-8-6-4-2/h12-13,15-16,33-34,37-38H,3-11,14,17-32H2,1-2H3,(H,41,42)/b13-12-,16-15-. The van der Waals surface area contributed by atoms with Crippen molar-refractivity contribution in [1.82, 2.24) is 0 Å². The highest BCUT2D eigenvalue weighted by Crippen LogP contribution is 2.43. The summed E-state index contributed by atoms with van der Waals surface area (Å²) in [6, 6.07) is 0. The predicted molar refractivity (Wildman–Crippen MR) is 187 cm³/mol. The van der Waals surface area contributed by atoms with E-state index in [0.29, 0.717) is 12.8 Å². The second-order valence-electron chi connectivity index (χ2n) is 12.3. The Hall–Kier alpha value is -1.55. The minimum atomic E-state index is -4.60. The lowest BCUT2D eigenvalue weighted by Gasteiger charge is -2.20. The molecular weight excluding hydrogens is 623 g/mol. The monoisotopic (exact) mass is 690 g/mol. The molecule has 11 heteroatoms. The summed E-state index contributed by atoms with van der Waals surface area (Å²) < 4.78 is 32.4. The molecule has 0 aromatic carbocycles. The molecule has 0 rings (SSSR count). The molecule has 0 saturated carbocycles. The van der Waals surface area contributed by atoms with E-state index >= 15 is 0 Å². The van der Waals surface area contributed by atoms with Crippen LogP contribution in [0.2, 0.25) is 0 Å². The molecular formula is C36H67O10P. The van der Waals surface area contributed by atoms with Crippen LogP contribution in [-0.2, 0) is 32.7 Å². The van der Waals surface area contributed by atoms with Crippen molar-refractivity contribution in [3.05, 3.63) is 24.3 Å². The first-order chi connectivity index (χ1) is 22.7. The van der Waals surface area contributed by atoms with Gasteiger partial charge in [-0.05, 0) is 44.9 Å². The highest BCUT2D eigenvalue weighted by atomic mass is 31.2. The van der Waals surface area contributed by atoms with E-state index in [0.717, 1.165) is 64.2 Å². The van der Waals surface area contributed by atoms with Crippen LogP contribution in [0, 0.1) is 0 Å². The van der Waals surface area contributed by atoms with Crippen molar-refractivity contribution in [2.45, 2.75) is 167 Å². The van der Waals surface area contributed by atoms with Crippen LogP contribution in [0.15, 0.2) is 24.3 Å². The first kappa shape index (κ1) is 45.5. The van der Waals surface area contributed by atoms with E-state index in [4.69, 9.17) is 19.1 Å². The Balaban J connectivity index is 4.28. The molecule has 3 N–H and O–H groups in total. The summed E-state index contributed by atoms with van der Waals surface area (Å²) >= 11 is 0. The lowest BCUT2D eigenvalue weighted by Crippen LogP contribution is -2.29. The van der Waals surface area contributed by atoms with Crippen molar-refractivity contribution in [3.63, 3.8) is 0 Å². The molecule has 47 heavy (non-hydrogen) atoms. The molecule has 0 aromatic rings. The maximum Gasteiger partial charge on any atom is 0.472 e. The number of hydrogen-bond donors (Lipinski definition) is 3. The Bertz CT molecular complexity index is 848. The zero-order chi connectivity index (χ0) is 34.9. The minimum absolute atomic E-state index is 0.177. The van der Waals surface area contributed by atoms with Gasteiger partial charge >= 0.3 is 19.8 Å². The van der Waals surface area contributed by atoms with Crippen LogP contribution in [0.5, 0.6) is 0 Å². The lowest BCUT2D eigenvalue weighted by atomic mass is 10.1. The zero-order valence-electron chi connectivity index (χ0n) is 29.5. The van der Waals surface area contributed by atoms with Gasteiger partial charge in [-0.1, -0.05) is 122 Å². The van der Waals surface area contributed by atoms with Crippen molar-refractivity contribution in [2.75, 3.05) is 26.4 Å². The highest BCUT2D eigenvalue weighted by Gasteiger charge is 2.27. The topological polar surface area (TPSA) is 149 Å². The fourth-order valence-electron chi connectivity index (χ4n) is 4.73. The molecule has 0 aliphatic carbocycles. The summed E-state index contributed by atoms with van der Waals surface area (Å²) in [6.07, 6.45) is 29.0. The van der Waals surface area contributed by atoms with Crippen molar-refractivity contribution in [3.8, 4) is 0 Å². The Morgan fingerprint density at radius 2 is 1.11 bits per heavy atom. The number of rotatable bonds is 34. The van der Waals surface area contributed by atoms with Gasteiger partial charge in [0.1, 0.15) is 12.7 Å². The summed E-state index contributed by atoms with van der Waals surface area (Å²) in [5.74, 6) is -0.944. The molecule has 10 nitrogen and oxygen atoms in total. The lowest BCUT2D eigenvalue weighted by molar-refractivity contribution is -0.161. The number of allylic oxidation sites excluding steroid dienone is 4. The van der Waals surface area contributed by atoms with E-state index in [1.165, 1.54) is 51.4 Å². The van der Waals surface area contributed by atoms with Crippen molar-refractivity contribution >= 4 is 19.8 Å². The quantitative estimate of drug-likeness (QED) is 0.0259. The van der Waals surface area contributed by atoms with Crippen molar-refractivity contribution in [2.24, 2.45) is 0 Å². The summed E-state index contributed by atoms with van der Waals surface area (Å²) in [6.45, 7) is 2.26. The fraction of sp³-hybridized carbons (Fsp3) is 0.833. The zero-order valence-corrected chi connectivity index (χ0v) is 30.4. The van der Waals surface area contributed by atoms with Crippen LogP contribution in [0.25, 0.3) is 0 Å². The van der Waals surface area contributed by atoms with Gasteiger partial charge in [-0.2, -0.15) is 0 Å². The Kier molecular flexibility index (Phi) is 31.9. The van der Waals surface area contributed by atoms with E-state index in [-0.39, 0.29) is 19.4 Å². The Morgan fingerprint density at radius 1 is 0.638 bits per heavy atom. The smallest absolute Gasteiger partial charge is 0.462 e. The van der Waals surface area contributed by atoms with Crippen LogP contribution in [0.3, 0.4) is 0 Å². The second kappa shape index (κ2) is 33.0. The van der Waals surface area contributed by atoms with E-state index in [2.05, 4.69) is 42.7 Å². The molecule has 0 aliphatic heterocycles. The van der Waals surface area contributed by atoms with Gasteiger partial charge in [0.2, 0.25) is 0 Å². The molecule has 0 amide bonds.